The molecule has 2 saturated heterocycles. The number of anilines is 2. The van der Waals surface area contributed by atoms with Gasteiger partial charge in [0.2, 0.25) is 0 Å². The highest BCUT2D eigenvalue weighted by Crippen LogP contribution is 2.30. The average Bonchev–Trinajstić information content (AvgIpc) is 3.45. The van der Waals surface area contributed by atoms with Gasteiger partial charge in [-0.25, -0.2) is 9.97 Å². The number of hydrogen-bond acceptors (Lipinski definition) is 7. The number of aliphatic hydroxyl groups excluding tert-OH is 1. The molecule has 30 heavy (non-hydrogen) atoms. The molecule has 2 fully saturated rings. The predicted octanol–water partition coefficient (Wildman–Crippen LogP) is 2.99. The van der Waals surface area contributed by atoms with Gasteiger partial charge in [0.25, 0.3) is 0 Å². The molecule has 1 unspecified atom stereocenters. The number of β-amino-alcohol motifs (C(OH)–C–C–N with tert-alkyl or cyclic N) is 1. The number of fused-ring (bicyclic) bond motifs is 1. The Hall–Kier alpha value is -2.64. The molecule has 158 valence electrons. The number of piperazine rings is 1. The Morgan fingerprint density at radius 2 is 1.77 bits per heavy atom. The van der Waals surface area contributed by atoms with Crippen molar-refractivity contribution in [2.45, 2.75) is 25.9 Å². The van der Waals surface area contributed by atoms with E-state index in [-0.39, 0.29) is 0 Å². The first kappa shape index (κ1) is 19.3. The van der Waals surface area contributed by atoms with Gasteiger partial charge in [0.1, 0.15) is 29.8 Å². The number of nitrogens with zero attached hydrogens (tertiary/aromatic N) is 5. The summed E-state index contributed by atoms with van der Waals surface area (Å²) in [5.41, 5.74) is 2.23. The maximum atomic E-state index is 10.5. The zero-order valence-corrected chi connectivity index (χ0v) is 17.5. The average molecular weight is 408 g/mol. The molecule has 0 amide bonds. The van der Waals surface area contributed by atoms with E-state index in [1.807, 2.05) is 19.1 Å². The van der Waals surface area contributed by atoms with Crippen LogP contribution in [0.25, 0.3) is 10.9 Å². The molecular formula is C23H29N5O2. The Labute approximate surface area is 176 Å². The summed E-state index contributed by atoms with van der Waals surface area (Å²) in [5, 5.41) is 11.6. The molecule has 3 aromatic rings. The molecule has 0 aliphatic carbocycles. The predicted molar refractivity (Wildman–Crippen MR) is 118 cm³/mol. The second-order valence-electron chi connectivity index (χ2n) is 8.34. The van der Waals surface area contributed by atoms with Gasteiger partial charge in [0, 0.05) is 56.9 Å². The Morgan fingerprint density at radius 3 is 2.50 bits per heavy atom. The van der Waals surface area contributed by atoms with Crippen molar-refractivity contribution in [3.63, 3.8) is 0 Å². The standard InChI is InChI=1S/C23H29N5O2/c1-17-4-7-22(30-17)21(29)15-26-10-12-27(13-11-26)18-5-6-20-19(14-18)23(25-16-24-20)28-8-2-3-9-28/h4-7,14,16,21,29H,2-3,8-13,15H2,1H3. The molecule has 7 nitrogen and oxygen atoms in total. The number of aryl methyl sites for hydroxylation is 1. The zero-order valence-electron chi connectivity index (χ0n) is 17.5. The van der Waals surface area contributed by atoms with Crippen LogP contribution in [0.2, 0.25) is 0 Å². The van der Waals surface area contributed by atoms with Crippen molar-refractivity contribution in [1.29, 1.82) is 0 Å². The van der Waals surface area contributed by atoms with Crippen LogP contribution >= 0.6 is 0 Å². The molecule has 1 aromatic carbocycles. The fraction of sp³-hybridized carbons (Fsp3) is 0.478. The van der Waals surface area contributed by atoms with Gasteiger partial charge in [-0.2, -0.15) is 0 Å². The summed E-state index contributed by atoms with van der Waals surface area (Å²) in [5.74, 6) is 2.55. The van der Waals surface area contributed by atoms with E-state index in [1.165, 1.54) is 18.5 Å². The van der Waals surface area contributed by atoms with Crippen molar-refractivity contribution in [3.8, 4) is 0 Å². The normalized spacial score (nSPS) is 19.0. The minimum absolute atomic E-state index is 0.578. The van der Waals surface area contributed by atoms with Gasteiger partial charge in [-0.1, -0.05) is 0 Å². The number of rotatable bonds is 5. The van der Waals surface area contributed by atoms with Gasteiger partial charge in [-0.3, -0.25) is 4.90 Å². The van der Waals surface area contributed by atoms with Crippen LogP contribution in [-0.4, -0.2) is 65.8 Å². The Balaban J connectivity index is 1.27. The van der Waals surface area contributed by atoms with Gasteiger partial charge in [-0.15, -0.1) is 0 Å². The molecule has 1 N–H and O–H groups in total. The third-order valence-electron chi connectivity index (χ3n) is 6.26. The van der Waals surface area contributed by atoms with Crippen molar-refractivity contribution in [1.82, 2.24) is 14.9 Å². The largest absolute Gasteiger partial charge is 0.464 e. The third kappa shape index (κ3) is 3.87. The van der Waals surface area contributed by atoms with E-state index in [0.717, 1.165) is 61.7 Å². The lowest BCUT2D eigenvalue weighted by Gasteiger charge is -2.36. The van der Waals surface area contributed by atoms with Crippen LogP contribution in [0, 0.1) is 6.92 Å². The smallest absolute Gasteiger partial charge is 0.139 e. The van der Waals surface area contributed by atoms with Crippen molar-refractivity contribution in [2.24, 2.45) is 0 Å². The van der Waals surface area contributed by atoms with Crippen molar-refractivity contribution in [3.05, 3.63) is 48.2 Å². The first-order valence-corrected chi connectivity index (χ1v) is 10.9. The summed E-state index contributed by atoms with van der Waals surface area (Å²) in [6, 6.07) is 10.3. The Kier molecular flexibility index (Phi) is 5.31. The quantitative estimate of drug-likeness (QED) is 0.697. The number of benzene rings is 1. The summed E-state index contributed by atoms with van der Waals surface area (Å²) < 4.78 is 5.57. The monoisotopic (exact) mass is 407 g/mol. The van der Waals surface area contributed by atoms with Crippen molar-refractivity contribution in [2.75, 3.05) is 55.6 Å². The van der Waals surface area contributed by atoms with Gasteiger partial charge in [0.15, 0.2) is 0 Å². The van der Waals surface area contributed by atoms with E-state index in [9.17, 15) is 5.11 Å². The van der Waals surface area contributed by atoms with E-state index in [1.54, 1.807) is 6.33 Å². The molecule has 2 aromatic heterocycles. The summed E-state index contributed by atoms with van der Waals surface area (Å²) in [6.45, 7) is 8.35. The Bertz CT molecular complexity index is 1010. The highest BCUT2D eigenvalue weighted by molar-refractivity contribution is 5.92. The van der Waals surface area contributed by atoms with E-state index in [4.69, 9.17) is 4.42 Å². The second-order valence-corrected chi connectivity index (χ2v) is 8.34. The first-order valence-electron chi connectivity index (χ1n) is 10.9. The Morgan fingerprint density at radius 1 is 0.967 bits per heavy atom. The lowest BCUT2D eigenvalue weighted by molar-refractivity contribution is 0.0908. The van der Waals surface area contributed by atoms with Crippen LogP contribution in [0.4, 0.5) is 11.5 Å². The summed E-state index contributed by atoms with van der Waals surface area (Å²) >= 11 is 0. The van der Waals surface area contributed by atoms with E-state index >= 15 is 0 Å². The maximum Gasteiger partial charge on any atom is 0.139 e. The topological polar surface area (TPSA) is 68.9 Å². The van der Waals surface area contributed by atoms with Crippen molar-refractivity contribution >= 4 is 22.4 Å². The molecule has 0 spiro atoms. The van der Waals surface area contributed by atoms with Gasteiger partial charge >= 0.3 is 0 Å². The summed E-state index contributed by atoms with van der Waals surface area (Å²) in [4.78, 5) is 16.2. The molecule has 0 radical (unpaired) electrons. The molecule has 5 rings (SSSR count). The zero-order chi connectivity index (χ0) is 20.5. The number of furan rings is 1. The lowest BCUT2D eigenvalue weighted by atomic mass is 10.1. The van der Waals surface area contributed by atoms with Gasteiger partial charge < -0.3 is 19.3 Å². The first-order chi connectivity index (χ1) is 14.7. The number of hydrogen-bond donors (Lipinski definition) is 1. The molecule has 2 aliphatic rings. The number of aromatic nitrogens is 2. The highest BCUT2D eigenvalue weighted by Gasteiger charge is 2.23. The van der Waals surface area contributed by atoms with Crippen LogP contribution in [-0.2, 0) is 0 Å². The molecule has 0 bridgehead atoms. The minimum atomic E-state index is -0.578. The molecule has 7 heteroatoms. The molecule has 4 heterocycles. The highest BCUT2D eigenvalue weighted by atomic mass is 16.4. The maximum absolute atomic E-state index is 10.5. The fourth-order valence-corrected chi connectivity index (χ4v) is 4.56. The summed E-state index contributed by atoms with van der Waals surface area (Å²) in [7, 11) is 0. The molecule has 0 saturated carbocycles. The molecular weight excluding hydrogens is 378 g/mol. The van der Waals surface area contributed by atoms with E-state index in [2.05, 4.69) is 42.9 Å². The van der Waals surface area contributed by atoms with Crippen LogP contribution in [0.5, 0.6) is 0 Å². The summed E-state index contributed by atoms with van der Waals surface area (Å²) in [6.07, 6.45) is 3.57. The van der Waals surface area contributed by atoms with Crippen LogP contribution < -0.4 is 9.80 Å². The van der Waals surface area contributed by atoms with E-state index < -0.39 is 6.10 Å². The molecule has 1 atom stereocenters. The third-order valence-corrected chi connectivity index (χ3v) is 6.26. The SMILES string of the molecule is Cc1ccc(C(O)CN2CCN(c3ccc4ncnc(N5CCCC5)c4c3)CC2)o1. The van der Waals surface area contributed by atoms with Crippen molar-refractivity contribution < 1.29 is 9.52 Å². The van der Waals surface area contributed by atoms with Crippen LogP contribution in [0.3, 0.4) is 0 Å². The lowest BCUT2D eigenvalue weighted by Crippen LogP contribution is -2.47. The van der Waals surface area contributed by atoms with Crippen LogP contribution in [0.1, 0.15) is 30.5 Å². The van der Waals surface area contributed by atoms with Crippen LogP contribution in [0.15, 0.2) is 41.1 Å². The molecule has 2 aliphatic heterocycles. The van der Waals surface area contributed by atoms with Gasteiger partial charge in [0.05, 0.1) is 5.52 Å². The number of aliphatic hydroxyl groups is 1. The fourth-order valence-electron chi connectivity index (χ4n) is 4.56. The minimum Gasteiger partial charge on any atom is -0.464 e. The van der Waals surface area contributed by atoms with E-state index in [0.29, 0.717) is 12.3 Å². The van der Waals surface area contributed by atoms with Gasteiger partial charge in [-0.05, 0) is 50.1 Å². The second kappa shape index (κ2) is 8.24.